The van der Waals surface area contributed by atoms with E-state index in [1.807, 2.05) is 6.92 Å². The molecule has 2 aromatic carbocycles. The van der Waals surface area contributed by atoms with Crippen LogP contribution in [0.3, 0.4) is 0 Å². The van der Waals surface area contributed by atoms with Gasteiger partial charge in [0.1, 0.15) is 11.5 Å². The number of hydrazine groups is 1. The minimum Gasteiger partial charge on any atom is -0.494 e. The van der Waals surface area contributed by atoms with Crippen molar-refractivity contribution in [2.24, 2.45) is 0 Å². The molecule has 0 heterocycles. The van der Waals surface area contributed by atoms with Gasteiger partial charge in [-0.15, -0.1) is 0 Å². The Labute approximate surface area is 166 Å². The average molecular weight is 407 g/mol. The van der Waals surface area contributed by atoms with E-state index in [9.17, 15) is 14.4 Å². The molecular formula is C19H19ClN2O6. The summed E-state index contributed by atoms with van der Waals surface area (Å²) in [7, 11) is 0. The average Bonchev–Trinajstić information content (AvgIpc) is 2.70. The van der Waals surface area contributed by atoms with Gasteiger partial charge in [0.25, 0.3) is 11.8 Å². The first-order valence-electron chi connectivity index (χ1n) is 8.34. The fourth-order valence-electron chi connectivity index (χ4n) is 1.96. The molecule has 0 bridgehead atoms. The molecule has 2 aromatic rings. The molecule has 0 saturated carbocycles. The van der Waals surface area contributed by atoms with E-state index in [-0.39, 0.29) is 6.61 Å². The fraction of sp³-hybridized carbons (Fsp3) is 0.211. The van der Waals surface area contributed by atoms with Crippen LogP contribution in [0.1, 0.15) is 17.3 Å². The summed E-state index contributed by atoms with van der Waals surface area (Å²) in [4.78, 5) is 35.1. The number of carbonyl (C=O) groups is 3. The molecule has 2 N–H and O–H groups in total. The van der Waals surface area contributed by atoms with Crippen molar-refractivity contribution in [3.63, 3.8) is 0 Å². The third-order valence-corrected chi connectivity index (χ3v) is 3.53. The third-order valence-electron chi connectivity index (χ3n) is 3.28. The van der Waals surface area contributed by atoms with Gasteiger partial charge in [-0.3, -0.25) is 20.4 Å². The predicted molar refractivity (Wildman–Crippen MR) is 101 cm³/mol. The molecule has 0 aliphatic carbocycles. The van der Waals surface area contributed by atoms with Gasteiger partial charge in [0, 0.05) is 10.6 Å². The molecule has 2 amide bonds. The van der Waals surface area contributed by atoms with Crippen LogP contribution in [0.15, 0.2) is 48.5 Å². The normalized spacial score (nSPS) is 9.93. The molecule has 0 unspecified atom stereocenters. The largest absolute Gasteiger partial charge is 0.494 e. The van der Waals surface area contributed by atoms with Crippen LogP contribution in [-0.4, -0.2) is 37.6 Å². The van der Waals surface area contributed by atoms with E-state index in [4.69, 9.17) is 25.8 Å². The summed E-state index contributed by atoms with van der Waals surface area (Å²) in [5.74, 6) is -0.810. The molecule has 0 atom stereocenters. The number of nitrogens with one attached hydrogen (secondary N) is 2. The van der Waals surface area contributed by atoms with Crippen LogP contribution in [0.5, 0.6) is 11.5 Å². The van der Waals surface area contributed by atoms with Crippen LogP contribution in [0, 0.1) is 0 Å². The van der Waals surface area contributed by atoms with Crippen molar-refractivity contribution in [3.8, 4) is 11.5 Å². The summed E-state index contributed by atoms with van der Waals surface area (Å²) in [5, 5.41) is 0.486. The van der Waals surface area contributed by atoms with E-state index in [2.05, 4.69) is 10.9 Å². The first-order chi connectivity index (χ1) is 13.5. The highest BCUT2D eigenvalue weighted by Crippen LogP contribution is 2.17. The molecule has 0 aliphatic heterocycles. The van der Waals surface area contributed by atoms with E-state index in [0.717, 1.165) is 0 Å². The smallest absolute Gasteiger partial charge is 0.344 e. The van der Waals surface area contributed by atoms with E-state index >= 15 is 0 Å². The summed E-state index contributed by atoms with van der Waals surface area (Å²) >= 11 is 5.73. The molecule has 0 fully saturated rings. The fourth-order valence-corrected chi connectivity index (χ4v) is 2.09. The van der Waals surface area contributed by atoms with Crippen molar-refractivity contribution in [1.29, 1.82) is 0 Å². The van der Waals surface area contributed by atoms with E-state index < -0.39 is 24.4 Å². The number of ether oxygens (including phenoxy) is 3. The Bertz CT molecular complexity index is 808. The van der Waals surface area contributed by atoms with Gasteiger partial charge in [-0.2, -0.15) is 0 Å². The molecule has 9 heteroatoms. The van der Waals surface area contributed by atoms with Gasteiger partial charge in [-0.05, 0) is 55.5 Å². The van der Waals surface area contributed by atoms with Gasteiger partial charge in [-0.1, -0.05) is 11.6 Å². The van der Waals surface area contributed by atoms with E-state index in [1.165, 1.54) is 12.1 Å². The van der Waals surface area contributed by atoms with Crippen LogP contribution in [0.4, 0.5) is 0 Å². The van der Waals surface area contributed by atoms with Crippen LogP contribution in [0.25, 0.3) is 0 Å². The molecule has 28 heavy (non-hydrogen) atoms. The number of amides is 2. The number of hydrogen-bond donors (Lipinski definition) is 2. The van der Waals surface area contributed by atoms with Crippen molar-refractivity contribution in [3.05, 3.63) is 59.1 Å². The Hall–Kier alpha value is -3.26. The molecule has 8 nitrogen and oxygen atoms in total. The van der Waals surface area contributed by atoms with Crippen molar-refractivity contribution in [2.75, 3.05) is 19.8 Å². The first-order valence-corrected chi connectivity index (χ1v) is 8.71. The standard InChI is InChI=1S/C19H19ClN2O6/c1-2-26-15-7-9-16(10-8-15)27-12-18(24)28-11-17(23)21-22-19(25)13-3-5-14(20)6-4-13/h3-10H,2,11-12H2,1H3,(H,21,23)(H,22,25). The Balaban J connectivity index is 1.65. The minimum atomic E-state index is -0.729. The summed E-state index contributed by atoms with van der Waals surface area (Å²) in [6, 6.07) is 12.8. The maximum absolute atomic E-state index is 11.8. The molecule has 148 valence electrons. The van der Waals surface area contributed by atoms with E-state index in [1.54, 1.807) is 36.4 Å². The summed E-state index contributed by atoms with van der Waals surface area (Å²) < 4.78 is 15.3. The molecule has 0 aliphatic rings. The zero-order valence-corrected chi connectivity index (χ0v) is 15.8. The van der Waals surface area contributed by atoms with Gasteiger partial charge in [0.05, 0.1) is 6.61 Å². The van der Waals surface area contributed by atoms with Crippen LogP contribution < -0.4 is 20.3 Å². The van der Waals surface area contributed by atoms with Crippen molar-refractivity contribution in [2.45, 2.75) is 6.92 Å². The molecule has 0 radical (unpaired) electrons. The highest BCUT2D eigenvalue weighted by Gasteiger charge is 2.10. The molecule has 0 saturated heterocycles. The first kappa shape index (κ1) is 21.0. The second kappa shape index (κ2) is 10.8. The zero-order valence-electron chi connectivity index (χ0n) is 15.1. The second-order valence-electron chi connectivity index (χ2n) is 5.36. The lowest BCUT2D eigenvalue weighted by atomic mass is 10.2. The number of esters is 1. The van der Waals surface area contributed by atoms with Gasteiger partial charge >= 0.3 is 5.97 Å². The lowest BCUT2D eigenvalue weighted by Gasteiger charge is -2.09. The van der Waals surface area contributed by atoms with E-state index in [0.29, 0.717) is 28.7 Å². The Morgan fingerprint density at radius 2 is 1.46 bits per heavy atom. The van der Waals surface area contributed by atoms with Crippen molar-refractivity contribution < 1.29 is 28.6 Å². The maximum atomic E-state index is 11.8. The van der Waals surface area contributed by atoms with Gasteiger partial charge < -0.3 is 14.2 Å². The van der Waals surface area contributed by atoms with Crippen molar-refractivity contribution >= 4 is 29.4 Å². The highest BCUT2D eigenvalue weighted by molar-refractivity contribution is 6.30. The Morgan fingerprint density at radius 3 is 2.07 bits per heavy atom. The lowest BCUT2D eigenvalue weighted by Crippen LogP contribution is -2.43. The Morgan fingerprint density at radius 1 is 0.857 bits per heavy atom. The predicted octanol–water partition coefficient (Wildman–Crippen LogP) is 2.12. The summed E-state index contributed by atoms with van der Waals surface area (Å²) in [6.45, 7) is 1.50. The number of carbonyl (C=O) groups excluding carboxylic acids is 3. The molecular weight excluding hydrogens is 388 g/mol. The SMILES string of the molecule is CCOc1ccc(OCC(=O)OCC(=O)NNC(=O)c2ccc(Cl)cc2)cc1. The maximum Gasteiger partial charge on any atom is 0.344 e. The van der Waals surface area contributed by atoms with Crippen molar-refractivity contribution in [1.82, 2.24) is 10.9 Å². The summed E-state index contributed by atoms with van der Waals surface area (Å²) in [6.07, 6.45) is 0. The van der Waals surface area contributed by atoms with Gasteiger partial charge in [-0.25, -0.2) is 4.79 Å². The van der Waals surface area contributed by atoms with Crippen LogP contribution >= 0.6 is 11.6 Å². The van der Waals surface area contributed by atoms with Gasteiger partial charge in [0.15, 0.2) is 13.2 Å². The highest BCUT2D eigenvalue weighted by atomic mass is 35.5. The number of rotatable bonds is 8. The summed E-state index contributed by atoms with van der Waals surface area (Å²) in [5.41, 5.74) is 4.65. The minimum absolute atomic E-state index is 0.311. The monoisotopic (exact) mass is 406 g/mol. The number of hydrogen-bond acceptors (Lipinski definition) is 6. The zero-order chi connectivity index (χ0) is 20.4. The third kappa shape index (κ3) is 7.16. The molecule has 0 aromatic heterocycles. The van der Waals surface area contributed by atoms with Gasteiger partial charge in [0.2, 0.25) is 0 Å². The second-order valence-corrected chi connectivity index (χ2v) is 5.80. The quantitative estimate of drug-likeness (QED) is 0.514. The molecule has 2 rings (SSSR count). The number of benzene rings is 2. The van der Waals surface area contributed by atoms with Crippen LogP contribution in [-0.2, 0) is 14.3 Å². The topological polar surface area (TPSA) is 103 Å². The lowest BCUT2D eigenvalue weighted by molar-refractivity contribution is -0.150. The van der Waals surface area contributed by atoms with Crippen LogP contribution in [0.2, 0.25) is 5.02 Å². The number of halogens is 1. The molecule has 0 spiro atoms. The Kier molecular flexibility index (Phi) is 8.11.